The van der Waals surface area contributed by atoms with E-state index < -0.39 is 0 Å². The molecule has 4 heteroatoms. The van der Waals surface area contributed by atoms with Crippen LogP contribution in [0.25, 0.3) is 10.8 Å². The molecule has 1 aromatic heterocycles. The molecule has 1 atom stereocenters. The summed E-state index contributed by atoms with van der Waals surface area (Å²) in [7, 11) is 0. The number of carbonyl (C=O) groups excluding carboxylic acids is 1. The van der Waals surface area contributed by atoms with E-state index in [9.17, 15) is 9.90 Å². The summed E-state index contributed by atoms with van der Waals surface area (Å²) in [5, 5.41) is 14.8. The van der Waals surface area contributed by atoms with Crippen LogP contribution in [0.2, 0.25) is 0 Å². The second-order valence-corrected chi connectivity index (χ2v) is 7.04. The lowest BCUT2D eigenvalue weighted by atomic mass is 9.75. The Hall–Kier alpha value is -2.72. The van der Waals surface area contributed by atoms with Gasteiger partial charge in [0, 0.05) is 17.6 Å². The minimum absolute atomic E-state index is 0.00549. The van der Waals surface area contributed by atoms with Crippen molar-refractivity contribution in [2.45, 2.75) is 31.4 Å². The van der Waals surface area contributed by atoms with Gasteiger partial charge >= 0.3 is 0 Å². The third-order valence-electron chi connectivity index (χ3n) is 5.22. The zero-order chi connectivity index (χ0) is 17.9. The Bertz CT molecular complexity index is 899. The second-order valence-electron chi connectivity index (χ2n) is 7.04. The third-order valence-corrected chi connectivity index (χ3v) is 5.22. The average Bonchev–Trinajstić information content (AvgIpc) is 2.65. The number of nitrogens with zero attached hydrogens (tertiary/aromatic N) is 1. The first-order valence-electron chi connectivity index (χ1n) is 9.07. The predicted octanol–water partition coefficient (Wildman–Crippen LogP) is 3.35. The summed E-state index contributed by atoms with van der Waals surface area (Å²) in [5.41, 5.74) is 1.64. The Morgan fingerprint density at radius 3 is 2.58 bits per heavy atom. The lowest BCUT2D eigenvalue weighted by Crippen LogP contribution is -2.48. The molecule has 1 heterocycles. The van der Waals surface area contributed by atoms with Crippen molar-refractivity contribution in [3.05, 3.63) is 78.1 Å². The molecule has 26 heavy (non-hydrogen) atoms. The zero-order valence-electron chi connectivity index (χ0n) is 14.5. The molecule has 2 aromatic carbocycles. The highest BCUT2D eigenvalue weighted by molar-refractivity contribution is 6.05. The van der Waals surface area contributed by atoms with Gasteiger partial charge in [-0.15, -0.1) is 0 Å². The topological polar surface area (TPSA) is 62.2 Å². The monoisotopic (exact) mass is 346 g/mol. The summed E-state index contributed by atoms with van der Waals surface area (Å²) in [6.45, 7) is 0. The van der Waals surface area contributed by atoms with Gasteiger partial charge < -0.3 is 10.4 Å². The van der Waals surface area contributed by atoms with Gasteiger partial charge in [0.2, 0.25) is 0 Å². The number of hydrogen-bond donors (Lipinski definition) is 2. The lowest BCUT2D eigenvalue weighted by molar-refractivity contribution is 0.0239. The number of rotatable bonds is 5. The van der Waals surface area contributed by atoms with E-state index in [0.717, 1.165) is 30.0 Å². The van der Waals surface area contributed by atoms with E-state index in [1.165, 1.54) is 5.56 Å². The summed E-state index contributed by atoms with van der Waals surface area (Å²) in [5.74, 6) is 0.147. The Morgan fingerprint density at radius 1 is 1.08 bits per heavy atom. The highest BCUT2D eigenvalue weighted by Gasteiger charge is 2.35. The maximum atomic E-state index is 12.9. The minimum atomic E-state index is -0.245. The van der Waals surface area contributed by atoms with Crippen LogP contribution in [0.4, 0.5) is 0 Å². The van der Waals surface area contributed by atoms with Gasteiger partial charge in [0.05, 0.1) is 6.10 Å². The number of fused-ring (bicyclic) bond motifs is 1. The van der Waals surface area contributed by atoms with E-state index in [1.54, 1.807) is 6.20 Å². The first-order chi connectivity index (χ1) is 12.7. The van der Waals surface area contributed by atoms with Gasteiger partial charge in [0.15, 0.2) is 0 Å². The van der Waals surface area contributed by atoms with Crippen LogP contribution >= 0.6 is 0 Å². The summed E-state index contributed by atoms with van der Waals surface area (Å²) in [4.78, 5) is 17.3. The van der Waals surface area contributed by atoms with Gasteiger partial charge in [-0.25, -0.2) is 0 Å². The molecular formula is C22H22N2O2. The van der Waals surface area contributed by atoms with Gasteiger partial charge in [-0.2, -0.15) is 0 Å². The molecule has 2 N–H and O–H groups in total. The summed E-state index contributed by atoms with van der Waals surface area (Å²) >= 11 is 0. The molecule has 1 unspecified atom stereocenters. The Balaban J connectivity index is 1.57. The van der Waals surface area contributed by atoms with Crippen molar-refractivity contribution in [2.75, 3.05) is 0 Å². The molecule has 0 spiro atoms. The van der Waals surface area contributed by atoms with Crippen molar-refractivity contribution < 1.29 is 9.90 Å². The van der Waals surface area contributed by atoms with Gasteiger partial charge in [-0.05, 0) is 42.2 Å². The number of nitrogens with one attached hydrogen (secondary N) is 1. The molecule has 0 bridgehead atoms. The average molecular weight is 346 g/mol. The predicted molar refractivity (Wildman–Crippen MR) is 102 cm³/mol. The fourth-order valence-corrected chi connectivity index (χ4v) is 3.70. The SMILES string of the molecule is O=C(NC(Cc1ccccc1)C1CC(O)C1)c1nccc2ccccc12. The van der Waals surface area contributed by atoms with E-state index in [4.69, 9.17) is 0 Å². The van der Waals surface area contributed by atoms with Crippen molar-refractivity contribution >= 4 is 16.7 Å². The van der Waals surface area contributed by atoms with Gasteiger partial charge in [0.25, 0.3) is 5.91 Å². The maximum Gasteiger partial charge on any atom is 0.270 e. The molecule has 0 saturated heterocycles. The standard InChI is InChI=1S/C22H22N2O2/c25-18-13-17(14-18)20(12-15-6-2-1-3-7-15)24-22(26)21-19-9-5-4-8-16(19)10-11-23-21/h1-11,17-18,20,25H,12-14H2,(H,24,26). The molecule has 1 aliphatic carbocycles. The van der Waals surface area contributed by atoms with E-state index >= 15 is 0 Å². The van der Waals surface area contributed by atoms with Crippen LogP contribution in [0.5, 0.6) is 0 Å². The summed E-state index contributed by atoms with van der Waals surface area (Å²) in [6.07, 6.45) is 3.66. The molecule has 132 valence electrons. The molecule has 3 aromatic rings. The number of carbonyl (C=O) groups is 1. The third kappa shape index (κ3) is 3.46. The summed E-state index contributed by atoms with van der Waals surface area (Å²) < 4.78 is 0. The van der Waals surface area contributed by atoms with E-state index in [1.807, 2.05) is 48.5 Å². The van der Waals surface area contributed by atoms with Crippen LogP contribution in [0.3, 0.4) is 0 Å². The van der Waals surface area contributed by atoms with Crippen molar-refractivity contribution in [3.63, 3.8) is 0 Å². The number of benzene rings is 2. The molecule has 1 aliphatic rings. The quantitative estimate of drug-likeness (QED) is 0.745. The largest absolute Gasteiger partial charge is 0.393 e. The van der Waals surface area contributed by atoms with Gasteiger partial charge in [-0.3, -0.25) is 9.78 Å². The fraction of sp³-hybridized carbons (Fsp3) is 0.273. The molecule has 1 saturated carbocycles. The number of pyridine rings is 1. The van der Waals surface area contributed by atoms with Crippen molar-refractivity contribution in [1.82, 2.24) is 10.3 Å². The van der Waals surface area contributed by atoms with Crippen molar-refractivity contribution in [1.29, 1.82) is 0 Å². The van der Waals surface area contributed by atoms with Gasteiger partial charge in [-0.1, -0.05) is 54.6 Å². The van der Waals surface area contributed by atoms with Crippen molar-refractivity contribution in [3.8, 4) is 0 Å². The number of aromatic nitrogens is 1. The Labute approximate surface area is 152 Å². The normalized spacial score (nSPS) is 20.3. The maximum absolute atomic E-state index is 12.9. The Morgan fingerprint density at radius 2 is 1.81 bits per heavy atom. The Kier molecular flexibility index (Phi) is 4.67. The van der Waals surface area contributed by atoms with E-state index in [2.05, 4.69) is 22.4 Å². The number of aliphatic hydroxyl groups is 1. The van der Waals surface area contributed by atoms with Gasteiger partial charge in [0.1, 0.15) is 5.69 Å². The molecule has 0 radical (unpaired) electrons. The number of amides is 1. The molecule has 0 aliphatic heterocycles. The van der Waals surface area contributed by atoms with E-state index in [0.29, 0.717) is 11.6 Å². The fourth-order valence-electron chi connectivity index (χ4n) is 3.70. The smallest absolute Gasteiger partial charge is 0.270 e. The molecule has 4 nitrogen and oxygen atoms in total. The number of aliphatic hydroxyl groups excluding tert-OH is 1. The van der Waals surface area contributed by atoms with Crippen LogP contribution < -0.4 is 5.32 Å². The van der Waals surface area contributed by atoms with Crippen molar-refractivity contribution in [2.24, 2.45) is 5.92 Å². The van der Waals surface area contributed by atoms with Crippen LogP contribution in [0.15, 0.2) is 66.9 Å². The first kappa shape index (κ1) is 16.7. The molecule has 4 rings (SSSR count). The summed E-state index contributed by atoms with van der Waals surface area (Å²) in [6, 6.07) is 19.9. The minimum Gasteiger partial charge on any atom is -0.393 e. The number of hydrogen-bond acceptors (Lipinski definition) is 3. The molecular weight excluding hydrogens is 324 g/mol. The van der Waals surface area contributed by atoms with Crippen LogP contribution in [0, 0.1) is 5.92 Å². The van der Waals surface area contributed by atoms with Crippen LogP contribution in [0.1, 0.15) is 28.9 Å². The molecule has 1 fully saturated rings. The molecule has 1 amide bonds. The highest BCUT2D eigenvalue weighted by Crippen LogP contribution is 2.32. The second kappa shape index (κ2) is 7.26. The lowest BCUT2D eigenvalue weighted by Gasteiger charge is -2.38. The zero-order valence-corrected chi connectivity index (χ0v) is 14.5. The van der Waals surface area contributed by atoms with Crippen LogP contribution in [-0.4, -0.2) is 28.1 Å². The first-order valence-corrected chi connectivity index (χ1v) is 9.07. The van der Waals surface area contributed by atoms with Crippen LogP contribution in [-0.2, 0) is 6.42 Å². The van der Waals surface area contributed by atoms with E-state index in [-0.39, 0.29) is 18.1 Å². The highest BCUT2D eigenvalue weighted by atomic mass is 16.3.